The lowest BCUT2D eigenvalue weighted by molar-refractivity contribution is -0.137. The molecule has 2 rings (SSSR count). The van der Waals surface area contributed by atoms with E-state index in [-0.39, 0.29) is 6.54 Å². The number of carbonyl (C=O) groups is 1. The molecule has 0 aliphatic heterocycles. The van der Waals surface area contributed by atoms with E-state index in [0.717, 1.165) is 11.4 Å². The van der Waals surface area contributed by atoms with Crippen LogP contribution in [0.4, 0.5) is 0 Å². The van der Waals surface area contributed by atoms with E-state index in [1.54, 1.807) is 17.0 Å². The number of carboxylic acids is 1. The average molecular weight is 216 g/mol. The van der Waals surface area contributed by atoms with Gasteiger partial charge < -0.3 is 9.67 Å². The van der Waals surface area contributed by atoms with Crippen molar-refractivity contribution in [3.05, 3.63) is 54.1 Å². The molecule has 4 heteroatoms. The molecule has 0 atom stereocenters. The summed E-state index contributed by atoms with van der Waals surface area (Å²) in [6.07, 6.45) is 3.97. The van der Waals surface area contributed by atoms with Crippen LogP contribution < -0.4 is 0 Å². The maximum absolute atomic E-state index is 10.6. The first kappa shape index (κ1) is 10.4. The third kappa shape index (κ3) is 2.48. The first-order valence-corrected chi connectivity index (χ1v) is 5.01. The standard InChI is InChI=1S/C12H12N2O2/c15-12(16)9-14-7-6-13-11(14)8-10-4-2-1-3-5-10/h1-7H,8-9H2,(H,15,16). The number of hydrogen-bond donors (Lipinski definition) is 1. The number of hydrogen-bond acceptors (Lipinski definition) is 2. The first-order chi connectivity index (χ1) is 7.75. The van der Waals surface area contributed by atoms with E-state index in [2.05, 4.69) is 4.98 Å². The van der Waals surface area contributed by atoms with Crippen molar-refractivity contribution in [3.63, 3.8) is 0 Å². The number of carboxylic acid groups (broad SMARTS) is 1. The van der Waals surface area contributed by atoms with Crippen molar-refractivity contribution in [2.45, 2.75) is 13.0 Å². The second kappa shape index (κ2) is 4.61. The molecule has 0 aliphatic rings. The van der Waals surface area contributed by atoms with Gasteiger partial charge in [-0.25, -0.2) is 4.98 Å². The Hall–Kier alpha value is -2.10. The molecule has 1 heterocycles. The molecular weight excluding hydrogens is 204 g/mol. The molecular formula is C12H12N2O2. The molecule has 0 saturated carbocycles. The van der Waals surface area contributed by atoms with Crippen molar-refractivity contribution in [2.24, 2.45) is 0 Å². The van der Waals surface area contributed by atoms with Crippen molar-refractivity contribution >= 4 is 5.97 Å². The maximum Gasteiger partial charge on any atom is 0.323 e. The van der Waals surface area contributed by atoms with Crippen molar-refractivity contribution < 1.29 is 9.90 Å². The molecule has 4 nitrogen and oxygen atoms in total. The van der Waals surface area contributed by atoms with E-state index in [4.69, 9.17) is 5.11 Å². The fourth-order valence-corrected chi connectivity index (χ4v) is 1.58. The molecule has 1 aromatic heterocycles. The van der Waals surface area contributed by atoms with Gasteiger partial charge in [0.15, 0.2) is 0 Å². The van der Waals surface area contributed by atoms with Gasteiger partial charge in [-0.05, 0) is 5.56 Å². The van der Waals surface area contributed by atoms with Gasteiger partial charge in [0.1, 0.15) is 12.4 Å². The summed E-state index contributed by atoms with van der Waals surface area (Å²) < 4.78 is 1.65. The molecule has 0 saturated heterocycles. The minimum absolute atomic E-state index is 0.0395. The molecule has 2 aromatic rings. The smallest absolute Gasteiger partial charge is 0.323 e. The highest BCUT2D eigenvalue weighted by atomic mass is 16.4. The van der Waals surface area contributed by atoms with Crippen molar-refractivity contribution in [1.29, 1.82) is 0 Å². The van der Waals surface area contributed by atoms with E-state index in [1.165, 1.54) is 0 Å². The van der Waals surface area contributed by atoms with Crippen LogP contribution in [0.2, 0.25) is 0 Å². The lowest BCUT2D eigenvalue weighted by atomic mass is 10.1. The monoisotopic (exact) mass is 216 g/mol. The summed E-state index contributed by atoms with van der Waals surface area (Å²) in [6, 6.07) is 9.87. The molecule has 0 aliphatic carbocycles. The third-order valence-electron chi connectivity index (χ3n) is 2.31. The fraction of sp³-hybridized carbons (Fsp3) is 0.167. The van der Waals surface area contributed by atoms with Crippen LogP contribution in [0.3, 0.4) is 0 Å². The summed E-state index contributed by atoms with van der Waals surface area (Å²) in [5, 5.41) is 8.73. The molecule has 1 N–H and O–H groups in total. The fourth-order valence-electron chi connectivity index (χ4n) is 1.58. The van der Waals surface area contributed by atoms with E-state index in [9.17, 15) is 4.79 Å². The third-order valence-corrected chi connectivity index (χ3v) is 2.31. The molecule has 16 heavy (non-hydrogen) atoms. The van der Waals surface area contributed by atoms with Gasteiger partial charge in [-0.2, -0.15) is 0 Å². The highest BCUT2D eigenvalue weighted by Gasteiger charge is 2.06. The van der Waals surface area contributed by atoms with E-state index >= 15 is 0 Å². The number of benzene rings is 1. The van der Waals surface area contributed by atoms with Crippen LogP contribution in [0.5, 0.6) is 0 Å². The van der Waals surface area contributed by atoms with Gasteiger partial charge in [-0.3, -0.25) is 4.79 Å². The van der Waals surface area contributed by atoms with Crippen molar-refractivity contribution in [1.82, 2.24) is 9.55 Å². The molecule has 0 bridgehead atoms. The Morgan fingerprint density at radius 2 is 2.06 bits per heavy atom. The van der Waals surface area contributed by atoms with Crippen LogP contribution in [0.1, 0.15) is 11.4 Å². The highest BCUT2D eigenvalue weighted by Crippen LogP contribution is 2.07. The molecule has 0 radical (unpaired) electrons. The Kier molecular flexibility index (Phi) is 3.00. The van der Waals surface area contributed by atoms with Gasteiger partial charge in [-0.1, -0.05) is 30.3 Å². The van der Waals surface area contributed by atoms with Crippen LogP contribution in [-0.4, -0.2) is 20.6 Å². The van der Waals surface area contributed by atoms with E-state index < -0.39 is 5.97 Å². The molecule has 0 fully saturated rings. The molecule has 1 aromatic carbocycles. The zero-order chi connectivity index (χ0) is 11.4. The van der Waals surface area contributed by atoms with Crippen LogP contribution in [0.25, 0.3) is 0 Å². The van der Waals surface area contributed by atoms with Gasteiger partial charge in [0, 0.05) is 18.8 Å². The summed E-state index contributed by atoms with van der Waals surface area (Å²) >= 11 is 0. The van der Waals surface area contributed by atoms with Gasteiger partial charge in [0.2, 0.25) is 0 Å². The average Bonchev–Trinajstić information content (AvgIpc) is 2.66. The summed E-state index contributed by atoms with van der Waals surface area (Å²) in [7, 11) is 0. The lowest BCUT2D eigenvalue weighted by Crippen LogP contribution is -2.11. The van der Waals surface area contributed by atoms with Crippen LogP contribution in [0, 0.1) is 0 Å². The summed E-state index contributed by atoms with van der Waals surface area (Å²) in [5.41, 5.74) is 1.13. The quantitative estimate of drug-likeness (QED) is 0.843. The maximum atomic E-state index is 10.6. The second-order valence-corrected chi connectivity index (χ2v) is 3.53. The highest BCUT2D eigenvalue weighted by molar-refractivity contribution is 5.66. The summed E-state index contributed by atoms with van der Waals surface area (Å²) in [4.78, 5) is 14.8. The number of rotatable bonds is 4. The van der Waals surface area contributed by atoms with Crippen molar-refractivity contribution in [2.75, 3.05) is 0 Å². The Bertz CT molecular complexity index is 477. The van der Waals surface area contributed by atoms with Crippen LogP contribution in [0.15, 0.2) is 42.7 Å². The second-order valence-electron chi connectivity index (χ2n) is 3.53. The number of imidazole rings is 1. The normalized spacial score (nSPS) is 10.2. The van der Waals surface area contributed by atoms with E-state index in [1.807, 2.05) is 30.3 Å². The Morgan fingerprint density at radius 3 is 2.75 bits per heavy atom. The molecule has 0 spiro atoms. The SMILES string of the molecule is O=C(O)Cn1ccnc1Cc1ccccc1. The Balaban J connectivity index is 2.16. The largest absolute Gasteiger partial charge is 0.480 e. The predicted molar refractivity (Wildman–Crippen MR) is 59.1 cm³/mol. The Morgan fingerprint density at radius 1 is 1.31 bits per heavy atom. The Labute approximate surface area is 93.2 Å². The number of aliphatic carboxylic acids is 1. The minimum atomic E-state index is -0.854. The topological polar surface area (TPSA) is 55.1 Å². The minimum Gasteiger partial charge on any atom is -0.480 e. The van der Waals surface area contributed by atoms with Gasteiger partial charge in [0.05, 0.1) is 0 Å². The molecule has 0 amide bonds. The summed E-state index contributed by atoms with van der Waals surface area (Å²) in [5.74, 6) is -0.0825. The summed E-state index contributed by atoms with van der Waals surface area (Å²) in [6.45, 7) is -0.0395. The first-order valence-electron chi connectivity index (χ1n) is 5.01. The lowest BCUT2D eigenvalue weighted by Gasteiger charge is -2.04. The van der Waals surface area contributed by atoms with Gasteiger partial charge in [-0.15, -0.1) is 0 Å². The van der Waals surface area contributed by atoms with Gasteiger partial charge in [0.25, 0.3) is 0 Å². The van der Waals surface area contributed by atoms with Crippen molar-refractivity contribution in [3.8, 4) is 0 Å². The van der Waals surface area contributed by atoms with Crippen LogP contribution in [-0.2, 0) is 17.8 Å². The zero-order valence-electron chi connectivity index (χ0n) is 8.71. The number of nitrogens with zero attached hydrogens (tertiary/aromatic N) is 2. The molecule has 82 valence electrons. The van der Waals surface area contributed by atoms with E-state index in [0.29, 0.717) is 6.42 Å². The van der Waals surface area contributed by atoms with Crippen LogP contribution >= 0.6 is 0 Å². The van der Waals surface area contributed by atoms with Gasteiger partial charge >= 0.3 is 5.97 Å². The number of aromatic nitrogens is 2. The zero-order valence-corrected chi connectivity index (χ0v) is 8.71. The predicted octanol–water partition coefficient (Wildman–Crippen LogP) is 1.56. The molecule has 0 unspecified atom stereocenters.